The summed E-state index contributed by atoms with van der Waals surface area (Å²) in [7, 11) is 1.59. The van der Waals surface area contributed by atoms with Gasteiger partial charge in [-0.15, -0.1) is 0 Å². The number of rotatable bonds is 2. The van der Waals surface area contributed by atoms with Crippen LogP contribution >= 0.6 is 0 Å². The minimum Gasteiger partial charge on any atom is -0.372 e. The number of carbonyl (C=O) groups is 1. The first-order chi connectivity index (χ1) is 7.20. The summed E-state index contributed by atoms with van der Waals surface area (Å²) in [4.78, 5) is 13.9. The Hall–Kier alpha value is -0.610. The number of nitrogens with zero attached hydrogens (tertiary/aromatic N) is 1. The summed E-state index contributed by atoms with van der Waals surface area (Å²) in [6.45, 7) is 3.52. The highest BCUT2D eigenvalue weighted by Crippen LogP contribution is 2.20. The molecule has 1 N–H and O–H groups in total. The molecular weight excluding hydrogens is 192 g/mol. The Balaban J connectivity index is 1.96. The molecule has 86 valence electrons. The van der Waals surface area contributed by atoms with Crippen molar-refractivity contribution in [2.24, 2.45) is 0 Å². The number of amides is 1. The lowest BCUT2D eigenvalue weighted by atomic mass is 9.94. The van der Waals surface area contributed by atoms with E-state index in [2.05, 4.69) is 5.32 Å². The zero-order valence-corrected chi connectivity index (χ0v) is 9.53. The van der Waals surface area contributed by atoms with Crippen LogP contribution in [0.4, 0.5) is 0 Å². The number of likely N-dealkylation sites (tertiary alicyclic amines) is 1. The van der Waals surface area contributed by atoms with Gasteiger partial charge in [0.25, 0.3) is 5.91 Å². The number of piperidine rings is 1. The number of methoxy groups -OCH3 is 1. The number of hydrogen-bond acceptors (Lipinski definition) is 3. The highest BCUT2D eigenvalue weighted by atomic mass is 16.5. The van der Waals surface area contributed by atoms with Crippen LogP contribution in [0.1, 0.15) is 26.2 Å². The van der Waals surface area contributed by atoms with Crippen LogP contribution in [0, 0.1) is 0 Å². The molecule has 4 nitrogen and oxygen atoms in total. The molecule has 3 atom stereocenters. The van der Waals surface area contributed by atoms with Crippen molar-refractivity contribution in [3.63, 3.8) is 0 Å². The fourth-order valence-corrected chi connectivity index (χ4v) is 2.54. The molecule has 1 amide bonds. The van der Waals surface area contributed by atoms with Crippen LogP contribution in [0.25, 0.3) is 0 Å². The number of hydrogen-bond donors (Lipinski definition) is 1. The maximum absolute atomic E-state index is 11.9. The number of fused-ring (bicyclic) bond motifs is 2. The average molecular weight is 212 g/mol. The van der Waals surface area contributed by atoms with Gasteiger partial charge in [-0.2, -0.15) is 0 Å². The standard InChI is InChI=1S/C11H20N2O2/c1-8(15-2)11(14)13-6-9-4-3-5-10(7-13)12-9/h8-10,12H,3-7H2,1-2H3. The van der Waals surface area contributed by atoms with E-state index in [1.54, 1.807) is 7.11 Å². The van der Waals surface area contributed by atoms with Crippen molar-refractivity contribution in [3.05, 3.63) is 0 Å². The van der Waals surface area contributed by atoms with Gasteiger partial charge in [0.2, 0.25) is 0 Å². The molecule has 2 saturated heterocycles. The monoisotopic (exact) mass is 212 g/mol. The molecule has 2 aliphatic rings. The van der Waals surface area contributed by atoms with Gasteiger partial charge in [-0.05, 0) is 19.8 Å². The Morgan fingerprint density at radius 2 is 2.00 bits per heavy atom. The molecule has 4 heteroatoms. The molecule has 0 aliphatic carbocycles. The predicted octanol–water partition coefficient (Wildman–Crippen LogP) is 0.374. The van der Waals surface area contributed by atoms with E-state index in [9.17, 15) is 4.79 Å². The third-order valence-electron chi connectivity index (χ3n) is 3.47. The zero-order valence-electron chi connectivity index (χ0n) is 9.53. The van der Waals surface area contributed by atoms with Crippen LogP contribution in [0.2, 0.25) is 0 Å². The van der Waals surface area contributed by atoms with Gasteiger partial charge < -0.3 is 15.0 Å². The normalized spacial score (nSPS) is 32.5. The van der Waals surface area contributed by atoms with Crippen molar-refractivity contribution < 1.29 is 9.53 Å². The summed E-state index contributed by atoms with van der Waals surface area (Å²) in [5, 5.41) is 3.56. The van der Waals surface area contributed by atoms with Crippen LogP contribution in [0.15, 0.2) is 0 Å². The first kappa shape index (κ1) is 10.9. The van der Waals surface area contributed by atoms with Gasteiger partial charge in [-0.25, -0.2) is 0 Å². The molecular formula is C11H20N2O2. The van der Waals surface area contributed by atoms with Crippen LogP contribution in [0.3, 0.4) is 0 Å². The number of piperazine rings is 1. The Morgan fingerprint density at radius 1 is 1.40 bits per heavy atom. The summed E-state index contributed by atoms with van der Waals surface area (Å²) in [5.41, 5.74) is 0. The predicted molar refractivity (Wildman–Crippen MR) is 57.6 cm³/mol. The van der Waals surface area contributed by atoms with Crippen molar-refractivity contribution in [1.82, 2.24) is 10.2 Å². The molecule has 15 heavy (non-hydrogen) atoms. The van der Waals surface area contributed by atoms with E-state index in [1.807, 2.05) is 11.8 Å². The van der Waals surface area contributed by atoms with E-state index in [-0.39, 0.29) is 12.0 Å². The summed E-state index contributed by atoms with van der Waals surface area (Å²) in [6, 6.07) is 1.01. The molecule has 0 radical (unpaired) electrons. The van der Waals surface area contributed by atoms with E-state index in [4.69, 9.17) is 4.74 Å². The van der Waals surface area contributed by atoms with Crippen molar-refractivity contribution in [2.75, 3.05) is 20.2 Å². The molecule has 2 rings (SSSR count). The highest BCUT2D eigenvalue weighted by molar-refractivity contribution is 5.80. The third-order valence-corrected chi connectivity index (χ3v) is 3.47. The second-order valence-electron chi connectivity index (χ2n) is 4.61. The number of nitrogens with one attached hydrogen (secondary N) is 1. The second-order valence-corrected chi connectivity index (χ2v) is 4.61. The van der Waals surface area contributed by atoms with E-state index in [0.29, 0.717) is 12.1 Å². The lowest BCUT2D eigenvalue weighted by Gasteiger charge is -2.43. The van der Waals surface area contributed by atoms with E-state index in [0.717, 1.165) is 13.1 Å². The summed E-state index contributed by atoms with van der Waals surface area (Å²) >= 11 is 0. The van der Waals surface area contributed by atoms with E-state index < -0.39 is 0 Å². The Kier molecular flexibility index (Phi) is 3.26. The van der Waals surface area contributed by atoms with Gasteiger partial charge in [0.05, 0.1) is 0 Å². The third kappa shape index (κ3) is 2.32. The largest absolute Gasteiger partial charge is 0.372 e. The Bertz CT molecular complexity index is 233. The maximum Gasteiger partial charge on any atom is 0.251 e. The first-order valence-corrected chi connectivity index (χ1v) is 5.78. The molecule has 2 bridgehead atoms. The van der Waals surface area contributed by atoms with Crippen molar-refractivity contribution in [2.45, 2.75) is 44.4 Å². The molecule has 2 heterocycles. The van der Waals surface area contributed by atoms with Crippen molar-refractivity contribution in [1.29, 1.82) is 0 Å². The van der Waals surface area contributed by atoms with Crippen molar-refractivity contribution >= 4 is 5.91 Å². The van der Waals surface area contributed by atoms with Gasteiger partial charge in [-0.3, -0.25) is 4.79 Å². The van der Waals surface area contributed by atoms with Crippen LogP contribution in [-0.2, 0) is 9.53 Å². The lowest BCUT2D eigenvalue weighted by molar-refractivity contribution is -0.143. The Morgan fingerprint density at radius 3 is 2.53 bits per heavy atom. The highest BCUT2D eigenvalue weighted by Gasteiger charge is 2.33. The smallest absolute Gasteiger partial charge is 0.251 e. The molecule has 0 saturated carbocycles. The van der Waals surface area contributed by atoms with Crippen LogP contribution in [-0.4, -0.2) is 49.2 Å². The average Bonchev–Trinajstić information content (AvgIpc) is 2.26. The molecule has 3 unspecified atom stereocenters. The van der Waals surface area contributed by atoms with Gasteiger partial charge in [0.1, 0.15) is 6.10 Å². The van der Waals surface area contributed by atoms with Crippen LogP contribution < -0.4 is 5.32 Å². The molecule has 2 aliphatic heterocycles. The number of carbonyl (C=O) groups excluding carboxylic acids is 1. The van der Waals surface area contributed by atoms with Gasteiger partial charge in [0.15, 0.2) is 0 Å². The lowest BCUT2D eigenvalue weighted by Crippen LogP contribution is -2.61. The minimum absolute atomic E-state index is 0.135. The molecule has 0 spiro atoms. The van der Waals surface area contributed by atoms with Gasteiger partial charge >= 0.3 is 0 Å². The SMILES string of the molecule is COC(C)C(=O)N1CC2CCCC(C1)N2. The van der Waals surface area contributed by atoms with Crippen LogP contribution in [0.5, 0.6) is 0 Å². The fraction of sp³-hybridized carbons (Fsp3) is 0.909. The van der Waals surface area contributed by atoms with Gasteiger partial charge in [0, 0.05) is 32.3 Å². The van der Waals surface area contributed by atoms with Gasteiger partial charge in [-0.1, -0.05) is 6.42 Å². The Labute approximate surface area is 91.0 Å². The summed E-state index contributed by atoms with van der Waals surface area (Å²) in [5.74, 6) is 0.135. The summed E-state index contributed by atoms with van der Waals surface area (Å²) < 4.78 is 5.08. The zero-order chi connectivity index (χ0) is 10.8. The second kappa shape index (κ2) is 4.49. The topological polar surface area (TPSA) is 41.6 Å². The maximum atomic E-state index is 11.9. The van der Waals surface area contributed by atoms with Crippen molar-refractivity contribution in [3.8, 4) is 0 Å². The fourth-order valence-electron chi connectivity index (χ4n) is 2.54. The molecule has 0 aromatic heterocycles. The molecule has 0 aromatic rings. The number of ether oxygens (including phenoxy) is 1. The first-order valence-electron chi connectivity index (χ1n) is 5.78. The quantitative estimate of drug-likeness (QED) is 0.719. The minimum atomic E-state index is -0.302. The van der Waals surface area contributed by atoms with E-state index >= 15 is 0 Å². The van der Waals surface area contributed by atoms with E-state index in [1.165, 1.54) is 19.3 Å². The summed E-state index contributed by atoms with van der Waals surface area (Å²) in [6.07, 6.45) is 3.39. The molecule has 2 fully saturated rings. The molecule has 0 aromatic carbocycles.